The second-order valence-corrected chi connectivity index (χ2v) is 4.43. The van der Waals surface area contributed by atoms with E-state index in [1.54, 1.807) is 4.68 Å². The zero-order valence-electron chi connectivity index (χ0n) is 9.76. The molecule has 0 saturated heterocycles. The first kappa shape index (κ1) is 12.5. The van der Waals surface area contributed by atoms with E-state index in [2.05, 4.69) is 12.0 Å². The first-order valence-electron chi connectivity index (χ1n) is 5.48. The lowest BCUT2D eigenvalue weighted by molar-refractivity contribution is 0.486. The van der Waals surface area contributed by atoms with Crippen molar-refractivity contribution >= 4 is 11.6 Å². The number of nitrogens with zero attached hydrogens (tertiary/aromatic N) is 2. The molecule has 0 aliphatic heterocycles. The van der Waals surface area contributed by atoms with Crippen LogP contribution in [0.5, 0.6) is 0 Å². The van der Waals surface area contributed by atoms with Crippen LogP contribution in [0.2, 0.25) is 5.15 Å². The zero-order chi connectivity index (χ0) is 11.4. The highest BCUT2D eigenvalue weighted by Crippen LogP contribution is 2.23. The van der Waals surface area contributed by atoms with E-state index < -0.39 is 0 Å². The van der Waals surface area contributed by atoms with Crippen LogP contribution in [0, 0.1) is 12.8 Å². The van der Waals surface area contributed by atoms with Gasteiger partial charge in [0.25, 0.3) is 0 Å². The average Bonchev–Trinajstić information content (AvgIpc) is 2.44. The summed E-state index contributed by atoms with van der Waals surface area (Å²) >= 11 is 6.17. The molecule has 0 aliphatic carbocycles. The third-order valence-corrected chi connectivity index (χ3v) is 3.27. The Hall–Kier alpha value is -0.540. The maximum atomic E-state index is 6.17. The molecule has 2 N–H and O–H groups in total. The van der Waals surface area contributed by atoms with Gasteiger partial charge in [0, 0.05) is 12.6 Å². The number of hydrogen-bond donors (Lipinski definition) is 1. The van der Waals surface area contributed by atoms with E-state index in [4.69, 9.17) is 17.3 Å². The van der Waals surface area contributed by atoms with Gasteiger partial charge in [0.15, 0.2) is 0 Å². The Morgan fingerprint density at radius 3 is 2.60 bits per heavy atom. The molecule has 3 nitrogen and oxygen atoms in total. The fraction of sp³-hybridized carbons (Fsp3) is 0.727. The monoisotopic (exact) mass is 229 g/mol. The SMILES string of the molecule is CCCC(CN)Cc1c(C)nn(C)c1Cl. The van der Waals surface area contributed by atoms with E-state index in [1.165, 1.54) is 6.42 Å². The molecule has 1 aromatic heterocycles. The summed E-state index contributed by atoms with van der Waals surface area (Å²) in [4.78, 5) is 0. The van der Waals surface area contributed by atoms with Crippen LogP contribution >= 0.6 is 11.6 Å². The van der Waals surface area contributed by atoms with Gasteiger partial charge in [-0.2, -0.15) is 5.10 Å². The van der Waals surface area contributed by atoms with E-state index in [0.717, 1.165) is 35.8 Å². The number of halogens is 1. The molecule has 1 heterocycles. The van der Waals surface area contributed by atoms with Crippen molar-refractivity contribution in [2.75, 3.05) is 6.54 Å². The Morgan fingerprint density at radius 1 is 1.53 bits per heavy atom. The summed E-state index contributed by atoms with van der Waals surface area (Å²) in [6.45, 7) is 4.90. The van der Waals surface area contributed by atoms with Crippen molar-refractivity contribution in [1.82, 2.24) is 9.78 Å². The van der Waals surface area contributed by atoms with Crippen LogP contribution in [-0.2, 0) is 13.5 Å². The maximum absolute atomic E-state index is 6.17. The number of rotatable bonds is 5. The van der Waals surface area contributed by atoms with Crippen LogP contribution in [0.25, 0.3) is 0 Å². The Kier molecular flexibility index (Phi) is 4.61. The van der Waals surface area contributed by atoms with Gasteiger partial charge in [-0.15, -0.1) is 0 Å². The van der Waals surface area contributed by atoms with Gasteiger partial charge in [0.05, 0.1) is 5.69 Å². The van der Waals surface area contributed by atoms with Crippen LogP contribution in [-0.4, -0.2) is 16.3 Å². The first-order chi connectivity index (χ1) is 7.10. The molecule has 0 fully saturated rings. The lowest BCUT2D eigenvalue weighted by Crippen LogP contribution is -2.17. The smallest absolute Gasteiger partial charge is 0.130 e. The first-order valence-corrected chi connectivity index (χ1v) is 5.86. The van der Waals surface area contributed by atoms with Gasteiger partial charge in [-0.1, -0.05) is 24.9 Å². The summed E-state index contributed by atoms with van der Waals surface area (Å²) in [5.41, 5.74) is 7.92. The molecule has 0 aromatic carbocycles. The summed E-state index contributed by atoms with van der Waals surface area (Å²) in [5.74, 6) is 0.524. The molecule has 0 saturated carbocycles. The fourth-order valence-corrected chi connectivity index (χ4v) is 2.16. The van der Waals surface area contributed by atoms with Gasteiger partial charge in [-0.25, -0.2) is 0 Å². The molecular weight excluding hydrogens is 210 g/mol. The molecule has 15 heavy (non-hydrogen) atoms. The summed E-state index contributed by atoms with van der Waals surface area (Å²) in [5, 5.41) is 5.05. The second-order valence-electron chi connectivity index (χ2n) is 4.07. The second kappa shape index (κ2) is 5.52. The molecule has 4 heteroatoms. The summed E-state index contributed by atoms with van der Waals surface area (Å²) in [6.07, 6.45) is 3.27. The number of aromatic nitrogens is 2. The number of aryl methyl sites for hydroxylation is 2. The van der Waals surface area contributed by atoms with Gasteiger partial charge >= 0.3 is 0 Å². The van der Waals surface area contributed by atoms with Crippen molar-refractivity contribution in [1.29, 1.82) is 0 Å². The molecule has 0 spiro atoms. The van der Waals surface area contributed by atoms with Crippen molar-refractivity contribution in [3.63, 3.8) is 0 Å². The highest BCUT2D eigenvalue weighted by molar-refractivity contribution is 6.30. The normalized spacial score (nSPS) is 13.1. The third kappa shape index (κ3) is 2.95. The van der Waals surface area contributed by atoms with Crippen LogP contribution in [0.15, 0.2) is 0 Å². The molecule has 86 valence electrons. The van der Waals surface area contributed by atoms with Gasteiger partial charge in [0.1, 0.15) is 5.15 Å². The van der Waals surface area contributed by atoms with Gasteiger partial charge in [-0.05, 0) is 32.2 Å². The van der Waals surface area contributed by atoms with E-state index in [9.17, 15) is 0 Å². The Bertz CT molecular complexity index is 320. The summed E-state index contributed by atoms with van der Waals surface area (Å²) in [6, 6.07) is 0. The van der Waals surface area contributed by atoms with E-state index in [-0.39, 0.29) is 0 Å². The fourth-order valence-electron chi connectivity index (χ4n) is 1.91. The predicted molar refractivity (Wildman–Crippen MR) is 64.1 cm³/mol. The highest BCUT2D eigenvalue weighted by Gasteiger charge is 2.15. The van der Waals surface area contributed by atoms with Gasteiger partial charge < -0.3 is 5.73 Å². The Balaban J connectivity index is 2.78. The highest BCUT2D eigenvalue weighted by atomic mass is 35.5. The molecule has 1 rings (SSSR count). The van der Waals surface area contributed by atoms with E-state index in [0.29, 0.717) is 5.92 Å². The minimum atomic E-state index is 0.524. The quantitative estimate of drug-likeness (QED) is 0.842. The molecular formula is C11H20ClN3. The van der Waals surface area contributed by atoms with Gasteiger partial charge in [0.2, 0.25) is 0 Å². The average molecular weight is 230 g/mol. The lowest BCUT2D eigenvalue weighted by atomic mass is 9.95. The molecule has 0 radical (unpaired) electrons. The van der Waals surface area contributed by atoms with Crippen molar-refractivity contribution in [3.05, 3.63) is 16.4 Å². The third-order valence-electron chi connectivity index (χ3n) is 2.79. The van der Waals surface area contributed by atoms with Crippen molar-refractivity contribution in [2.45, 2.75) is 33.1 Å². The summed E-state index contributed by atoms with van der Waals surface area (Å²) < 4.78 is 1.73. The standard InChI is InChI=1S/C11H20ClN3/c1-4-5-9(7-13)6-10-8(2)14-15(3)11(10)12/h9H,4-7,13H2,1-3H3. The largest absolute Gasteiger partial charge is 0.330 e. The molecule has 0 amide bonds. The molecule has 1 aromatic rings. The lowest BCUT2D eigenvalue weighted by Gasteiger charge is -2.13. The van der Waals surface area contributed by atoms with Crippen molar-refractivity contribution in [3.8, 4) is 0 Å². The van der Waals surface area contributed by atoms with Gasteiger partial charge in [-0.3, -0.25) is 4.68 Å². The zero-order valence-corrected chi connectivity index (χ0v) is 10.5. The van der Waals surface area contributed by atoms with Crippen molar-refractivity contribution < 1.29 is 0 Å². The maximum Gasteiger partial charge on any atom is 0.130 e. The van der Waals surface area contributed by atoms with E-state index in [1.807, 2.05) is 14.0 Å². The Labute approximate surface area is 96.6 Å². The molecule has 0 aliphatic rings. The summed E-state index contributed by atoms with van der Waals surface area (Å²) in [7, 11) is 1.87. The number of nitrogens with two attached hydrogens (primary N) is 1. The topological polar surface area (TPSA) is 43.8 Å². The Morgan fingerprint density at radius 2 is 2.20 bits per heavy atom. The molecule has 1 atom stereocenters. The van der Waals surface area contributed by atoms with Crippen molar-refractivity contribution in [2.24, 2.45) is 18.7 Å². The number of hydrogen-bond acceptors (Lipinski definition) is 2. The van der Waals surface area contributed by atoms with Crippen LogP contribution < -0.4 is 5.73 Å². The van der Waals surface area contributed by atoms with E-state index >= 15 is 0 Å². The molecule has 1 unspecified atom stereocenters. The molecule has 0 bridgehead atoms. The van der Waals surface area contributed by atoms with Crippen LogP contribution in [0.1, 0.15) is 31.0 Å². The minimum Gasteiger partial charge on any atom is -0.330 e. The predicted octanol–water partition coefficient (Wildman–Crippen LogP) is 2.30. The minimum absolute atomic E-state index is 0.524. The van der Waals surface area contributed by atoms with Crippen LogP contribution in [0.3, 0.4) is 0 Å². The van der Waals surface area contributed by atoms with Crippen LogP contribution in [0.4, 0.5) is 0 Å².